The van der Waals surface area contributed by atoms with Crippen molar-refractivity contribution >= 4 is 38.9 Å². The van der Waals surface area contributed by atoms with Gasteiger partial charge in [-0.2, -0.15) is 10.9 Å². The van der Waals surface area contributed by atoms with E-state index in [9.17, 15) is 8.42 Å². The summed E-state index contributed by atoms with van der Waals surface area (Å²) in [5.74, 6) is 0. The van der Waals surface area contributed by atoms with Gasteiger partial charge in [0, 0.05) is 0 Å². The highest BCUT2D eigenvalue weighted by molar-refractivity contribution is 14.1. The van der Waals surface area contributed by atoms with E-state index < -0.39 is 10.3 Å². The van der Waals surface area contributed by atoms with E-state index in [1.54, 1.807) is 12.1 Å². The molecule has 0 bridgehead atoms. The van der Waals surface area contributed by atoms with Crippen LogP contribution in [0.1, 0.15) is 12.5 Å². The van der Waals surface area contributed by atoms with Gasteiger partial charge in [0.1, 0.15) is 0 Å². The second-order valence-electron chi connectivity index (χ2n) is 2.71. The topological polar surface area (TPSA) is 57.6 Å². The number of rotatable bonds is 3. The Kier molecular flexibility index (Phi) is 3.73. The molecule has 0 spiro atoms. The maximum atomic E-state index is 10.8. The zero-order valence-electron chi connectivity index (χ0n) is 7.51. The average Bonchev–Trinajstić information content (AvgIpc) is 2.15. The van der Waals surface area contributed by atoms with Crippen LogP contribution < -0.4 is 2.52 Å². The molecule has 1 rings (SSSR count). The molecule has 0 radical (unpaired) electrons. The van der Waals surface area contributed by atoms with Gasteiger partial charge in [-0.15, -0.1) is 0 Å². The highest BCUT2D eigenvalue weighted by Gasteiger charge is 2.15. The first-order valence-corrected chi connectivity index (χ1v) is 6.33. The molecule has 0 aliphatic carbocycles. The van der Waals surface area contributed by atoms with E-state index >= 15 is 0 Å². The van der Waals surface area contributed by atoms with Crippen molar-refractivity contribution in [1.29, 1.82) is 0 Å². The van der Waals surface area contributed by atoms with Crippen LogP contribution in [0.2, 0.25) is 0 Å². The van der Waals surface area contributed by atoms with Crippen molar-refractivity contribution < 1.29 is 13.0 Å². The molecule has 78 valence electrons. The second-order valence-corrected chi connectivity index (χ2v) is 5.59. The third-order valence-corrected chi connectivity index (χ3v) is 4.42. The first-order chi connectivity index (χ1) is 6.45. The zero-order chi connectivity index (χ0) is 10.8. The van der Waals surface area contributed by atoms with Crippen LogP contribution in [0.5, 0.6) is 0 Å². The molecule has 0 aliphatic heterocycles. The monoisotopic (exact) mass is 327 g/mol. The summed E-state index contributed by atoms with van der Waals surface area (Å²) in [5.41, 5.74) is 1.55. The minimum atomic E-state index is -4.16. The molecule has 0 heterocycles. The van der Waals surface area contributed by atoms with Gasteiger partial charge in [0.25, 0.3) is 0 Å². The zero-order valence-corrected chi connectivity index (χ0v) is 10.5. The highest BCUT2D eigenvalue weighted by atomic mass is 127. The average molecular weight is 327 g/mol. The van der Waals surface area contributed by atoms with Crippen LogP contribution in [0.15, 0.2) is 24.3 Å². The molecule has 0 aromatic heterocycles. The quantitative estimate of drug-likeness (QED) is 0.526. The Balaban J connectivity index is 2.98. The van der Waals surface area contributed by atoms with Crippen molar-refractivity contribution in [3.63, 3.8) is 0 Å². The number of hydrogen-bond acceptors (Lipinski definition) is 2. The Hall–Kier alpha value is -0.340. The highest BCUT2D eigenvalue weighted by Crippen LogP contribution is 2.21. The first kappa shape index (κ1) is 11.7. The fourth-order valence-electron chi connectivity index (χ4n) is 0.982. The summed E-state index contributed by atoms with van der Waals surface area (Å²) in [7, 11) is -4.16. The maximum absolute atomic E-state index is 10.8. The van der Waals surface area contributed by atoms with Gasteiger partial charge in [-0.1, -0.05) is 19.1 Å². The number of anilines is 1. The molecule has 0 unspecified atom stereocenters. The van der Waals surface area contributed by atoms with Crippen molar-refractivity contribution in [3.8, 4) is 0 Å². The molecule has 0 saturated carbocycles. The number of aryl methyl sites for hydroxylation is 1. The number of nitrogens with zero attached hydrogens (tertiary/aromatic N) is 1. The Morgan fingerprint density at radius 2 is 1.86 bits per heavy atom. The van der Waals surface area contributed by atoms with Crippen LogP contribution in [0.4, 0.5) is 5.69 Å². The van der Waals surface area contributed by atoms with E-state index in [2.05, 4.69) is 0 Å². The molecule has 0 aliphatic rings. The second kappa shape index (κ2) is 4.45. The SMILES string of the molecule is CCc1ccc(N(I)S(=O)(=O)O)cc1. The van der Waals surface area contributed by atoms with Crippen molar-refractivity contribution in [1.82, 2.24) is 0 Å². The minimum Gasteiger partial charge on any atom is -0.268 e. The third-order valence-electron chi connectivity index (χ3n) is 1.75. The van der Waals surface area contributed by atoms with Crippen molar-refractivity contribution in [2.45, 2.75) is 13.3 Å². The number of hydrogen-bond donors (Lipinski definition) is 1. The molecular formula is C8H10INO3S. The maximum Gasteiger partial charge on any atom is 0.368 e. The van der Waals surface area contributed by atoms with E-state index in [0.717, 1.165) is 14.5 Å². The molecule has 1 aromatic carbocycles. The Labute approximate surface area is 97.3 Å². The molecule has 6 heteroatoms. The fraction of sp³-hybridized carbons (Fsp3) is 0.250. The molecule has 0 fully saturated rings. The van der Waals surface area contributed by atoms with Crippen LogP contribution in [0.3, 0.4) is 0 Å². The van der Waals surface area contributed by atoms with Crippen molar-refractivity contribution in [2.75, 3.05) is 2.52 Å². The standard InChI is InChI=1S/C8H10INO3S/c1-2-7-3-5-8(6-4-7)10(9)14(11,12)13/h3-6H,2H2,1H3,(H,11,12,13). The van der Waals surface area contributed by atoms with Gasteiger partial charge in [-0.3, -0.25) is 4.55 Å². The van der Waals surface area contributed by atoms with Crippen LogP contribution >= 0.6 is 22.9 Å². The molecule has 0 amide bonds. The van der Waals surface area contributed by atoms with E-state index in [1.165, 1.54) is 22.9 Å². The van der Waals surface area contributed by atoms with E-state index in [-0.39, 0.29) is 0 Å². The predicted molar refractivity (Wildman–Crippen MR) is 63.9 cm³/mol. The Bertz CT molecular complexity index is 401. The largest absolute Gasteiger partial charge is 0.368 e. The summed E-state index contributed by atoms with van der Waals surface area (Å²) >= 11 is 1.53. The van der Waals surface area contributed by atoms with E-state index in [0.29, 0.717) is 5.69 Å². The summed E-state index contributed by atoms with van der Waals surface area (Å²) in [5, 5.41) is 0. The number of benzene rings is 1. The fourth-order valence-corrected chi connectivity index (χ4v) is 1.69. The molecule has 4 nitrogen and oxygen atoms in total. The Morgan fingerprint density at radius 3 is 2.21 bits per heavy atom. The molecule has 1 N–H and O–H groups in total. The predicted octanol–water partition coefficient (Wildman–Crippen LogP) is 2.21. The van der Waals surface area contributed by atoms with Crippen LogP contribution in [-0.4, -0.2) is 13.0 Å². The molecular weight excluding hydrogens is 317 g/mol. The van der Waals surface area contributed by atoms with E-state index in [1.807, 2.05) is 19.1 Å². The van der Waals surface area contributed by atoms with Gasteiger partial charge in [-0.05, 0) is 24.1 Å². The number of halogens is 1. The van der Waals surface area contributed by atoms with Gasteiger partial charge >= 0.3 is 10.3 Å². The van der Waals surface area contributed by atoms with Gasteiger partial charge in [-0.25, -0.2) is 0 Å². The van der Waals surface area contributed by atoms with Crippen molar-refractivity contribution in [3.05, 3.63) is 29.8 Å². The van der Waals surface area contributed by atoms with Crippen LogP contribution in [0.25, 0.3) is 0 Å². The molecule has 1 aromatic rings. The lowest BCUT2D eigenvalue weighted by Crippen LogP contribution is -2.18. The van der Waals surface area contributed by atoms with Gasteiger partial charge in [0.05, 0.1) is 28.6 Å². The molecule has 0 saturated heterocycles. The third kappa shape index (κ3) is 2.82. The first-order valence-electron chi connectivity index (χ1n) is 3.97. The van der Waals surface area contributed by atoms with Gasteiger partial charge in [0.2, 0.25) is 0 Å². The smallest absolute Gasteiger partial charge is 0.268 e. The summed E-state index contributed by atoms with van der Waals surface area (Å²) in [4.78, 5) is 0. The van der Waals surface area contributed by atoms with Gasteiger partial charge < -0.3 is 0 Å². The van der Waals surface area contributed by atoms with E-state index in [4.69, 9.17) is 4.55 Å². The van der Waals surface area contributed by atoms with Gasteiger partial charge in [0.15, 0.2) is 0 Å². The Morgan fingerprint density at radius 1 is 1.36 bits per heavy atom. The normalized spacial score (nSPS) is 11.4. The minimum absolute atomic E-state index is 0.435. The molecule has 0 atom stereocenters. The van der Waals surface area contributed by atoms with Crippen LogP contribution in [-0.2, 0) is 16.7 Å². The van der Waals surface area contributed by atoms with Crippen LogP contribution in [0, 0.1) is 0 Å². The lowest BCUT2D eigenvalue weighted by molar-refractivity contribution is 0.487. The lowest BCUT2D eigenvalue weighted by Gasteiger charge is -2.12. The molecule has 14 heavy (non-hydrogen) atoms. The summed E-state index contributed by atoms with van der Waals surface area (Å²) in [6.45, 7) is 2.01. The summed E-state index contributed by atoms with van der Waals surface area (Å²) in [6.07, 6.45) is 0.896. The summed E-state index contributed by atoms with van der Waals surface area (Å²) in [6, 6.07) is 6.95. The summed E-state index contributed by atoms with van der Waals surface area (Å²) < 4.78 is 31.1. The van der Waals surface area contributed by atoms with Crippen molar-refractivity contribution in [2.24, 2.45) is 0 Å². The lowest BCUT2D eigenvalue weighted by atomic mass is 10.2.